The minimum atomic E-state index is -0.245. The van der Waals surface area contributed by atoms with Crippen molar-refractivity contribution in [1.82, 2.24) is 0 Å². The Kier molecular flexibility index (Phi) is 6.16. The number of hydrogen-bond acceptors (Lipinski definition) is 0. The Morgan fingerprint density at radius 1 is 0.731 bits per heavy atom. The molecule has 3 aromatic rings. The van der Waals surface area contributed by atoms with Crippen molar-refractivity contribution in [2.75, 3.05) is 12.3 Å². The van der Waals surface area contributed by atoms with E-state index in [1.165, 1.54) is 42.2 Å². The van der Waals surface area contributed by atoms with Crippen LogP contribution in [-0.2, 0) is 0 Å². The lowest BCUT2D eigenvalue weighted by Gasteiger charge is -2.24. The topological polar surface area (TPSA) is 0 Å². The summed E-state index contributed by atoms with van der Waals surface area (Å²) in [7, 11) is -0.206. The molecule has 0 nitrogen and oxygen atoms in total. The third-order valence-electron chi connectivity index (χ3n) is 5.29. The maximum atomic E-state index is 2.36. The summed E-state index contributed by atoms with van der Waals surface area (Å²) < 4.78 is 0. The number of benzene rings is 3. The molecule has 0 spiro atoms. The summed E-state index contributed by atoms with van der Waals surface area (Å²) in [4.78, 5) is 0. The molecular weight excluding hydrogens is 350 g/mol. The lowest BCUT2D eigenvalue weighted by atomic mass is 10.2. The van der Waals surface area contributed by atoms with Crippen molar-refractivity contribution in [3.63, 3.8) is 0 Å². The maximum Gasteiger partial charge on any atom is -0.0165 e. The van der Waals surface area contributed by atoms with Gasteiger partial charge < -0.3 is 0 Å². The van der Waals surface area contributed by atoms with Crippen LogP contribution in [0.2, 0.25) is 0 Å². The average Bonchev–Trinajstić information content (AvgIpc) is 3.19. The van der Waals surface area contributed by atoms with Crippen LogP contribution in [0.1, 0.15) is 19.3 Å². The molecular formula is C24H26P2. The molecule has 2 atom stereocenters. The van der Waals surface area contributed by atoms with E-state index < -0.39 is 0 Å². The Labute approximate surface area is 160 Å². The SMILES string of the molecule is c1ccc(P(CC[C@@H]2CCC[P@@]2c2ccccc2)c2ccccc2)cc1. The molecule has 0 aromatic heterocycles. The summed E-state index contributed by atoms with van der Waals surface area (Å²) in [6.07, 6.45) is 6.96. The van der Waals surface area contributed by atoms with Gasteiger partial charge in [-0.05, 0) is 61.1 Å². The minimum absolute atomic E-state index is 0.0383. The van der Waals surface area contributed by atoms with Crippen LogP contribution < -0.4 is 15.9 Å². The molecule has 0 amide bonds. The number of rotatable bonds is 6. The van der Waals surface area contributed by atoms with E-state index in [-0.39, 0.29) is 15.8 Å². The first-order valence-electron chi connectivity index (χ1n) is 9.61. The van der Waals surface area contributed by atoms with Crippen molar-refractivity contribution in [3.8, 4) is 0 Å². The van der Waals surface area contributed by atoms with Gasteiger partial charge in [0, 0.05) is 0 Å². The summed E-state index contributed by atoms with van der Waals surface area (Å²) in [5.41, 5.74) is 0.907. The zero-order chi connectivity index (χ0) is 17.6. The van der Waals surface area contributed by atoms with E-state index in [1.807, 2.05) is 0 Å². The van der Waals surface area contributed by atoms with Gasteiger partial charge in [0.15, 0.2) is 0 Å². The van der Waals surface area contributed by atoms with Crippen LogP contribution in [0.5, 0.6) is 0 Å². The van der Waals surface area contributed by atoms with E-state index in [2.05, 4.69) is 91.0 Å². The molecule has 2 heteroatoms. The van der Waals surface area contributed by atoms with E-state index in [9.17, 15) is 0 Å². The van der Waals surface area contributed by atoms with Crippen molar-refractivity contribution in [2.24, 2.45) is 0 Å². The average molecular weight is 376 g/mol. The van der Waals surface area contributed by atoms with Crippen LogP contribution in [0.25, 0.3) is 0 Å². The summed E-state index contributed by atoms with van der Waals surface area (Å²) in [6, 6.07) is 33.7. The van der Waals surface area contributed by atoms with Gasteiger partial charge in [-0.1, -0.05) is 98.9 Å². The zero-order valence-electron chi connectivity index (χ0n) is 15.2. The Morgan fingerprint density at radius 2 is 1.27 bits per heavy atom. The molecule has 0 radical (unpaired) electrons. The number of hydrogen-bond donors (Lipinski definition) is 0. The highest BCUT2D eigenvalue weighted by Crippen LogP contribution is 2.51. The fourth-order valence-electron chi connectivity index (χ4n) is 4.00. The molecule has 1 fully saturated rings. The van der Waals surface area contributed by atoms with Gasteiger partial charge in [0.2, 0.25) is 0 Å². The smallest absolute Gasteiger partial charge is 0.0165 e. The van der Waals surface area contributed by atoms with Gasteiger partial charge in [-0.15, -0.1) is 0 Å². The summed E-state index contributed by atoms with van der Waals surface area (Å²) in [5.74, 6) is 0. The maximum absolute atomic E-state index is 2.36. The second kappa shape index (κ2) is 8.94. The van der Waals surface area contributed by atoms with Gasteiger partial charge in [-0.2, -0.15) is 0 Å². The fourth-order valence-corrected chi connectivity index (χ4v) is 9.71. The van der Waals surface area contributed by atoms with Crippen molar-refractivity contribution in [2.45, 2.75) is 24.9 Å². The first kappa shape index (κ1) is 17.9. The fraction of sp³-hybridized carbons (Fsp3) is 0.250. The molecule has 1 heterocycles. The summed E-state index contributed by atoms with van der Waals surface area (Å²) in [6.45, 7) is 0. The lowest BCUT2D eigenvalue weighted by molar-refractivity contribution is 0.760. The van der Waals surface area contributed by atoms with Gasteiger partial charge in [-0.25, -0.2) is 0 Å². The van der Waals surface area contributed by atoms with Gasteiger partial charge in [0.1, 0.15) is 0 Å². The van der Waals surface area contributed by atoms with E-state index in [1.54, 1.807) is 5.30 Å². The molecule has 0 N–H and O–H groups in total. The normalized spacial score (nSPS) is 19.7. The second-order valence-corrected chi connectivity index (χ2v) is 11.9. The quantitative estimate of drug-likeness (QED) is 0.500. The highest BCUT2D eigenvalue weighted by molar-refractivity contribution is 7.73. The molecule has 1 aliphatic heterocycles. The predicted octanol–water partition coefficient (Wildman–Crippen LogP) is 5.48. The third-order valence-corrected chi connectivity index (χ3v) is 11.0. The second-order valence-electron chi connectivity index (χ2n) is 6.94. The molecule has 1 aliphatic rings. The highest BCUT2D eigenvalue weighted by Gasteiger charge is 2.28. The van der Waals surface area contributed by atoms with Crippen LogP contribution in [0.3, 0.4) is 0 Å². The molecule has 4 rings (SSSR count). The van der Waals surface area contributed by atoms with Crippen molar-refractivity contribution < 1.29 is 0 Å². The van der Waals surface area contributed by atoms with Crippen molar-refractivity contribution in [1.29, 1.82) is 0 Å². The zero-order valence-corrected chi connectivity index (χ0v) is 17.0. The Balaban J connectivity index is 1.51. The van der Waals surface area contributed by atoms with E-state index in [0.29, 0.717) is 0 Å². The van der Waals surface area contributed by atoms with Crippen LogP contribution >= 0.6 is 15.8 Å². The van der Waals surface area contributed by atoms with Gasteiger partial charge in [-0.3, -0.25) is 0 Å². The Morgan fingerprint density at radius 3 is 1.85 bits per heavy atom. The molecule has 0 bridgehead atoms. The standard InChI is InChI=1S/C24H26P2/c1-4-11-21(12-5-1)25-19-10-17-24(25)18-20-26(22-13-6-2-7-14-22)23-15-8-3-9-16-23/h1-9,11-16,24H,10,17-20H2/t24-,25-/m0/s1. The van der Waals surface area contributed by atoms with E-state index >= 15 is 0 Å². The lowest BCUT2D eigenvalue weighted by Crippen LogP contribution is -2.17. The van der Waals surface area contributed by atoms with Crippen LogP contribution in [0.15, 0.2) is 91.0 Å². The van der Waals surface area contributed by atoms with Crippen LogP contribution in [0, 0.1) is 0 Å². The molecule has 0 saturated carbocycles. The summed E-state index contributed by atoms with van der Waals surface area (Å²) >= 11 is 0. The van der Waals surface area contributed by atoms with Gasteiger partial charge in [0.25, 0.3) is 0 Å². The monoisotopic (exact) mass is 376 g/mol. The van der Waals surface area contributed by atoms with Gasteiger partial charge in [0.05, 0.1) is 0 Å². The summed E-state index contributed by atoms with van der Waals surface area (Å²) in [5, 5.41) is 4.67. The first-order valence-corrected chi connectivity index (χ1v) is 12.7. The molecule has 0 aliphatic carbocycles. The Bertz CT molecular complexity index is 747. The largest absolute Gasteiger partial charge is 0.0721 e. The minimum Gasteiger partial charge on any atom is -0.0721 e. The van der Waals surface area contributed by atoms with Crippen LogP contribution in [0.4, 0.5) is 0 Å². The van der Waals surface area contributed by atoms with Gasteiger partial charge >= 0.3 is 0 Å². The highest BCUT2D eigenvalue weighted by atomic mass is 31.1. The van der Waals surface area contributed by atoms with Crippen LogP contribution in [-0.4, -0.2) is 18.0 Å². The molecule has 3 aromatic carbocycles. The molecule has 0 unspecified atom stereocenters. The first-order chi connectivity index (χ1) is 12.9. The van der Waals surface area contributed by atoms with E-state index in [4.69, 9.17) is 0 Å². The predicted molar refractivity (Wildman–Crippen MR) is 119 cm³/mol. The molecule has 132 valence electrons. The molecule has 1 saturated heterocycles. The Hall–Kier alpha value is -1.48. The van der Waals surface area contributed by atoms with E-state index in [0.717, 1.165) is 5.66 Å². The molecule has 26 heavy (non-hydrogen) atoms. The third kappa shape index (κ3) is 4.25. The van der Waals surface area contributed by atoms with Crippen molar-refractivity contribution in [3.05, 3.63) is 91.0 Å². The van der Waals surface area contributed by atoms with Crippen molar-refractivity contribution >= 4 is 31.8 Å².